The number of hydrogen-bond donors (Lipinski definition) is 2. The first-order valence-electron chi connectivity index (χ1n) is 6.03. The lowest BCUT2D eigenvalue weighted by atomic mass is 10.0. The molecule has 2 fully saturated rings. The van der Waals surface area contributed by atoms with Crippen molar-refractivity contribution in [3.8, 4) is 5.75 Å². The van der Waals surface area contributed by atoms with E-state index in [2.05, 4.69) is 10.2 Å². The van der Waals surface area contributed by atoms with Crippen molar-refractivity contribution in [1.82, 2.24) is 10.2 Å². The van der Waals surface area contributed by atoms with Crippen LogP contribution in [0, 0.1) is 11.8 Å². The third-order valence-corrected chi connectivity index (χ3v) is 3.85. The molecule has 2 N–H and O–H groups in total. The van der Waals surface area contributed by atoms with E-state index in [0.29, 0.717) is 5.75 Å². The molecule has 2 unspecified atom stereocenters. The Morgan fingerprint density at radius 3 is 2.56 bits per heavy atom. The van der Waals surface area contributed by atoms with Gasteiger partial charge >= 0.3 is 0 Å². The molecule has 0 bridgehead atoms. The fraction of sp³-hybridized carbons (Fsp3) is 0.538. The minimum atomic E-state index is 0.428. The second-order valence-electron chi connectivity index (χ2n) is 5.00. The Bertz CT molecular complexity index is 368. The molecule has 0 amide bonds. The molecule has 0 radical (unpaired) electrons. The summed E-state index contributed by atoms with van der Waals surface area (Å²) in [6, 6.07) is 7.66. The lowest BCUT2D eigenvalue weighted by Gasteiger charge is -2.17. The average Bonchev–Trinajstić information content (AvgIpc) is 2.81. The standard InChI is InChI=1S/C13H18N2O/c16-13-4-2-1-3-10(13)7-15-8-11-5-14-6-12(11)9-15/h1-4,11-12,14,16H,5-9H2. The van der Waals surface area contributed by atoms with Crippen LogP contribution in [0.15, 0.2) is 24.3 Å². The number of hydrogen-bond acceptors (Lipinski definition) is 3. The minimum Gasteiger partial charge on any atom is -0.508 e. The molecule has 0 spiro atoms. The van der Waals surface area contributed by atoms with Gasteiger partial charge in [-0.25, -0.2) is 0 Å². The fourth-order valence-corrected chi connectivity index (χ4v) is 2.97. The highest BCUT2D eigenvalue weighted by Crippen LogP contribution is 2.28. The first kappa shape index (κ1) is 10.1. The summed E-state index contributed by atoms with van der Waals surface area (Å²) in [5.74, 6) is 2.08. The lowest BCUT2D eigenvalue weighted by molar-refractivity contribution is 0.300. The zero-order valence-electron chi connectivity index (χ0n) is 9.39. The number of phenolic OH excluding ortho intramolecular Hbond substituents is 1. The molecular formula is C13H18N2O. The molecule has 1 aromatic carbocycles. The molecular weight excluding hydrogens is 200 g/mol. The van der Waals surface area contributed by atoms with Crippen LogP contribution >= 0.6 is 0 Å². The monoisotopic (exact) mass is 218 g/mol. The Kier molecular flexibility index (Phi) is 2.58. The summed E-state index contributed by atoms with van der Waals surface area (Å²) in [6.07, 6.45) is 0. The Hall–Kier alpha value is -1.06. The SMILES string of the molecule is Oc1ccccc1CN1CC2CNCC2C1. The number of aromatic hydroxyl groups is 1. The molecule has 0 aliphatic carbocycles. The predicted octanol–water partition coefficient (Wildman–Crippen LogP) is 1.04. The highest BCUT2D eigenvalue weighted by Gasteiger charge is 2.35. The lowest BCUT2D eigenvalue weighted by Crippen LogP contribution is -2.25. The van der Waals surface area contributed by atoms with Crippen LogP contribution < -0.4 is 5.32 Å². The average molecular weight is 218 g/mol. The van der Waals surface area contributed by atoms with Gasteiger partial charge < -0.3 is 10.4 Å². The number of rotatable bonds is 2. The van der Waals surface area contributed by atoms with Crippen LogP contribution in [-0.2, 0) is 6.54 Å². The summed E-state index contributed by atoms with van der Waals surface area (Å²) in [7, 11) is 0. The van der Waals surface area contributed by atoms with Crippen LogP contribution in [0.5, 0.6) is 5.75 Å². The van der Waals surface area contributed by atoms with Crippen LogP contribution in [-0.4, -0.2) is 36.2 Å². The topological polar surface area (TPSA) is 35.5 Å². The van der Waals surface area contributed by atoms with Gasteiger partial charge in [0.1, 0.15) is 5.75 Å². The van der Waals surface area contributed by atoms with Crippen molar-refractivity contribution in [2.24, 2.45) is 11.8 Å². The Labute approximate surface area is 96.1 Å². The summed E-state index contributed by atoms with van der Waals surface area (Å²) < 4.78 is 0. The van der Waals surface area contributed by atoms with E-state index in [1.807, 2.05) is 18.2 Å². The molecule has 2 atom stereocenters. The van der Waals surface area contributed by atoms with Gasteiger partial charge in [0.2, 0.25) is 0 Å². The van der Waals surface area contributed by atoms with Crippen LogP contribution in [0.2, 0.25) is 0 Å². The number of para-hydroxylation sites is 1. The van der Waals surface area contributed by atoms with E-state index in [0.717, 1.165) is 23.9 Å². The van der Waals surface area contributed by atoms with Crippen LogP contribution in [0.25, 0.3) is 0 Å². The molecule has 2 heterocycles. The molecule has 2 aliphatic heterocycles. The summed E-state index contributed by atoms with van der Waals surface area (Å²) in [6.45, 7) is 5.57. The third kappa shape index (κ3) is 1.81. The maximum atomic E-state index is 9.73. The number of benzene rings is 1. The summed E-state index contributed by atoms with van der Waals surface area (Å²) in [5.41, 5.74) is 1.05. The molecule has 3 rings (SSSR count). The predicted molar refractivity (Wildman–Crippen MR) is 63.2 cm³/mol. The van der Waals surface area contributed by atoms with Crippen LogP contribution in [0.1, 0.15) is 5.56 Å². The Morgan fingerprint density at radius 2 is 1.88 bits per heavy atom. The highest BCUT2D eigenvalue weighted by atomic mass is 16.3. The molecule has 86 valence electrons. The second-order valence-corrected chi connectivity index (χ2v) is 5.00. The molecule has 0 saturated carbocycles. The van der Waals surface area contributed by atoms with Crippen molar-refractivity contribution in [2.75, 3.05) is 26.2 Å². The summed E-state index contributed by atoms with van der Waals surface area (Å²) in [5, 5.41) is 13.2. The van der Waals surface area contributed by atoms with Gasteiger partial charge in [0, 0.05) is 25.2 Å². The number of fused-ring (bicyclic) bond motifs is 1. The molecule has 16 heavy (non-hydrogen) atoms. The van der Waals surface area contributed by atoms with Crippen LogP contribution in [0.4, 0.5) is 0 Å². The minimum absolute atomic E-state index is 0.428. The maximum Gasteiger partial charge on any atom is 0.120 e. The number of phenols is 1. The van der Waals surface area contributed by atoms with Crippen molar-refractivity contribution in [3.63, 3.8) is 0 Å². The van der Waals surface area contributed by atoms with Crippen molar-refractivity contribution in [1.29, 1.82) is 0 Å². The molecule has 2 saturated heterocycles. The van der Waals surface area contributed by atoms with Crippen molar-refractivity contribution >= 4 is 0 Å². The summed E-state index contributed by atoms with van der Waals surface area (Å²) >= 11 is 0. The number of nitrogens with one attached hydrogen (secondary N) is 1. The van der Waals surface area contributed by atoms with E-state index < -0.39 is 0 Å². The van der Waals surface area contributed by atoms with Gasteiger partial charge in [0.25, 0.3) is 0 Å². The van der Waals surface area contributed by atoms with Gasteiger partial charge in [-0.2, -0.15) is 0 Å². The van der Waals surface area contributed by atoms with Gasteiger partial charge in [-0.1, -0.05) is 18.2 Å². The van der Waals surface area contributed by atoms with E-state index in [4.69, 9.17) is 0 Å². The third-order valence-electron chi connectivity index (χ3n) is 3.85. The van der Waals surface area contributed by atoms with Gasteiger partial charge in [0.15, 0.2) is 0 Å². The largest absolute Gasteiger partial charge is 0.508 e. The van der Waals surface area contributed by atoms with Crippen LogP contribution in [0.3, 0.4) is 0 Å². The molecule has 3 heteroatoms. The van der Waals surface area contributed by atoms with E-state index >= 15 is 0 Å². The van der Waals surface area contributed by atoms with Gasteiger partial charge in [-0.3, -0.25) is 4.90 Å². The smallest absolute Gasteiger partial charge is 0.120 e. The molecule has 1 aromatic rings. The summed E-state index contributed by atoms with van der Waals surface area (Å²) in [4.78, 5) is 2.46. The quantitative estimate of drug-likeness (QED) is 0.778. The van der Waals surface area contributed by atoms with E-state index in [1.165, 1.54) is 26.2 Å². The Morgan fingerprint density at radius 1 is 1.19 bits per heavy atom. The van der Waals surface area contributed by atoms with E-state index in [9.17, 15) is 5.11 Å². The van der Waals surface area contributed by atoms with Gasteiger partial charge in [0.05, 0.1) is 0 Å². The van der Waals surface area contributed by atoms with Gasteiger partial charge in [-0.15, -0.1) is 0 Å². The normalized spacial score (nSPS) is 29.5. The van der Waals surface area contributed by atoms with Gasteiger partial charge in [-0.05, 0) is 31.0 Å². The number of nitrogens with zero attached hydrogens (tertiary/aromatic N) is 1. The zero-order valence-corrected chi connectivity index (χ0v) is 9.39. The molecule has 3 nitrogen and oxygen atoms in total. The zero-order chi connectivity index (χ0) is 11.0. The highest BCUT2D eigenvalue weighted by molar-refractivity contribution is 5.31. The first-order chi connectivity index (χ1) is 7.83. The Balaban J connectivity index is 1.66. The van der Waals surface area contributed by atoms with E-state index in [-0.39, 0.29) is 0 Å². The second kappa shape index (κ2) is 4.07. The molecule has 0 aromatic heterocycles. The number of likely N-dealkylation sites (tertiary alicyclic amines) is 1. The van der Waals surface area contributed by atoms with Crippen molar-refractivity contribution < 1.29 is 5.11 Å². The van der Waals surface area contributed by atoms with E-state index in [1.54, 1.807) is 6.07 Å². The first-order valence-corrected chi connectivity index (χ1v) is 6.03. The molecule has 2 aliphatic rings. The van der Waals surface area contributed by atoms with Crippen molar-refractivity contribution in [2.45, 2.75) is 6.54 Å². The maximum absolute atomic E-state index is 9.73. The fourth-order valence-electron chi connectivity index (χ4n) is 2.97. The van der Waals surface area contributed by atoms with Crippen molar-refractivity contribution in [3.05, 3.63) is 29.8 Å².